The molecule has 1 aliphatic rings. The molecule has 0 radical (unpaired) electrons. The van der Waals surface area contributed by atoms with Gasteiger partial charge in [0.2, 0.25) is 5.91 Å². The van der Waals surface area contributed by atoms with Crippen LogP contribution < -0.4 is 0 Å². The van der Waals surface area contributed by atoms with Crippen molar-refractivity contribution in [2.75, 3.05) is 19.7 Å². The highest BCUT2D eigenvalue weighted by Crippen LogP contribution is 2.26. The van der Waals surface area contributed by atoms with Crippen molar-refractivity contribution in [1.82, 2.24) is 4.90 Å². The summed E-state index contributed by atoms with van der Waals surface area (Å²) >= 11 is 0. The topological polar surface area (TPSA) is 131 Å². The minimum Gasteiger partial charge on any atom is -0.394 e. The van der Waals surface area contributed by atoms with Crippen LogP contribution in [0.4, 0.5) is 0 Å². The van der Waals surface area contributed by atoms with Crippen molar-refractivity contribution in [2.24, 2.45) is 5.92 Å². The molecule has 1 rings (SSSR count). The molecule has 1 saturated heterocycles. The van der Waals surface area contributed by atoms with E-state index in [9.17, 15) is 30.3 Å². The molecule has 5 N–H and O–H groups in total. The van der Waals surface area contributed by atoms with Gasteiger partial charge in [-0.05, 0) is 51.4 Å². The van der Waals surface area contributed by atoms with Crippen LogP contribution >= 0.6 is 0 Å². The quantitative estimate of drug-likeness (QED) is 0.0318. The van der Waals surface area contributed by atoms with Crippen LogP contribution in [0.2, 0.25) is 0 Å². The van der Waals surface area contributed by atoms with Gasteiger partial charge >= 0.3 is 0 Å². The first-order valence-electron chi connectivity index (χ1n) is 22.7. The Morgan fingerprint density at radius 3 is 1.53 bits per heavy atom. The van der Waals surface area contributed by atoms with Crippen LogP contribution in [0.1, 0.15) is 207 Å². The molecule has 8 nitrogen and oxygen atoms in total. The van der Waals surface area contributed by atoms with Gasteiger partial charge in [0.05, 0.1) is 12.7 Å². The number of hydrogen-bond acceptors (Lipinski definition) is 7. The molecule has 0 aromatic heterocycles. The van der Waals surface area contributed by atoms with Crippen molar-refractivity contribution in [2.45, 2.75) is 244 Å². The molecule has 0 aliphatic carbocycles. The second-order valence-corrected chi connectivity index (χ2v) is 16.2. The lowest BCUT2D eigenvalue weighted by atomic mass is 9.91. The molecule has 1 fully saturated rings. The van der Waals surface area contributed by atoms with E-state index >= 15 is 0 Å². The standard InChI is InChI=1S/C45H87NO7/c1-4-7-10-12-14-16-18-20-21-23-25-27-29-31-35-46(36-34-39(48)44-43(51)42(50)41(49)40(37-47)53-44)45(52)38(32-9-6-3)33-30-28-26-24-22-19-17-15-13-11-8-5-2/h21,23,38-44,47-51H,4-20,22,24-37H2,1-3H3/t38?,39?,40-,41-,42+,43-,44+/m1/s1. The summed E-state index contributed by atoms with van der Waals surface area (Å²) in [4.78, 5) is 16.1. The van der Waals surface area contributed by atoms with Gasteiger partial charge < -0.3 is 35.2 Å². The Kier molecular flexibility index (Phi) is 32.3. The lowest BCUT2D eigenvalue weighted by Crippen LogP contribution is -2.61. The summed E-state index contributed by atoms with van der Waals surface area (Å²) in [7, 11) is 0. The summed E-state index contributed by atoms with van der Waals surface area (Å²) < 4.78 is 5.63. The number of unbranched alkanes of at least 4 members (excludes halogenated alkanes) is 22. The smallest absolute Gasteiger partial charge is 0.225 e. The van der Waals surface area contributed by atoms with Gasteiger partial charge in [-0.3, -0.25) is 4.79 Å². The molecular formula is C45H87NO7. The number of rotatable bonds is 36. The van der Waals surface area contributed by atoms with E-state index in [2.05, 4.69) is 32.9 Å². The molecule has 0 bridgehead atoms. The van der Waals surface area contributed by atoms with Crippen LogP contribution in [0.15, 0.2) is 12.2 Å². The van der Waals surface area contributed by atoms with E-state index in [1.165, 1.54) is 109 Å². The normalized spacial score (nSPS) is 21.7. The largest absolute Gasteiger partial charge is 0.394 e. The molecule has 1 heterocycles. The molecule has 314 valence electrons. The van der Waals surface area contributed by atoms with E-state index in [1.54, 1.807) is 0 Å². The summed E-state index contributed by atoms with van der Waals surface area (Å²) in [6, 6.07) is 0. The Hall–Kier alpha value is -1.03. The SMILES string of the molecule is CCCCCCCCCC=CCCCCCN(CCC(O)[C@@H]1O[C@H](CO)[C@@H](O)[C@H](O)[C@H]1O)C(=O)C(CCCC)CCCCCCCCCCCCCC. The average Bonchev–Trinajstić information content (AvgIpc) is 3.16. The number of carbonyl (C=O) groups is 1. The Morgan fingerprint density at radius 1 is 0.566 bits per heavy atom. The minimum atomic E-state index is -1.53. The van der Waals surface area contributed by atoms with Crippen molar-refractivity contribution >= 4 is 5.91 Å². The third kappa shape index (κ3) is 23.6. The van der Waals surface area contributed by atoms with Crippen LogP contribution in [0.5, 0.6) is 0 Å². The number of ether oxygens (including phenoxy) is 1. The van der Waals surface area contributed by atoms with Crippen molar-refractivity contribution < 1.29 is 35.1 Å². The first kappa shape index (κ1) is 50.0. The van der Waals surface area contributed by atoms with E-state index < -0.39 is 43.2 Å². The van der Waals surface area contributed by atoms with Gasteiger partial charge in [-0.2, -0.15) is 0 Å². The van der Waals surface area contributed by atoms with Gasteiger partial charge in [0.25, 0.3) is 0 Å². The minimum absolute atomic E-state index is 0.0305. The van der Waals surface area contributed by atoms with E-state index in [1.807, 2.05) is 4.90 Å². The zero-order valence-electron chi connectivity index (χ0n) is 34.8. The molecule has 0 aromatic carbocycles. The van der Waals surface area contributed by atoms with E-state index in [0.29, 0.717) is 13.1 Å². The maximum atomic E-state index is 14.1. The lowest BCUT2D eigenvalue weighted by Gasteiger charge is -2.42. The molecule has 1 aliphatic heterocycles. The molecular weight excluding hydrogens is 666 g/mol. The third-order valence-corrected chi connectivity index (χ3v) is 11.4. The number of aliphatic hydroxyl groups is 5. The Morgan fingerprint density at radius 2 is 1.02 bits per heavy atom. The summed E-state index contributed by atoms with van der Waals surface area (Å²) in [6.45, 7) is 7.11. The first-order valence-corrected chi connectivity index (χ1v) is 22.7. The highest BCUT2D eigenvalue weighted by atomic mass is 16.6. The third-order valence-electron chi connectivity index (χ3n) is 11.4. The molecule has 2 unspecified atom stereocenters. The van der Waals surface area contributed by atoms with Gasteiger partial charge in [-0.25, -0.2) is 0 Å². The van der Waals surface area contributed by atoms with Crippen LogP contribution in [-0.2, 0) is 9.53 Å². The summed E-state index contributed by atoms with van der Waals surface area (Å²) in [5.74, 6) is 0.133. The maximum absolute atomic E-state index is 14.1. The van der Waals surface area contributed by atoms with Crippen molar-refractivity contribution in [3.8, 4) is 0 Å². The Bertz CT molecular complexity index is 855. The molecule has 8 heteroatoms. The number of carbonyl (C=O) groups excluding carboxylic acids is 1. The van der Waals surface area contributed by atoms with Crippen LogP contribution in [-0.4, -0.2) is 92.7 Å². The Balaban J connectivity index is 2.66. The fraction of sp³-hybridized carbons (Fsp3) is 0.933. The number of amides is 1. The summed E-state index contributed by atoms with van der Waals surface area (Å²) in [6.07, 6.45) is 30.8. The number of nitrogens with zero attached hydrogens (tertiary/aromatic N) is 1. The average molecular weight is 754 g/mol. The highest BCUT2D eigenvalue weighted by molar-refractivity contribution is 5.78. The zero-order valence-corrected chi connectivity index (χ0v) is 34.8. The second-order valence-electron chi connectivity index (χ2n) is 16.2. The van der Waals surface area contributed by atoms with Crippen LogP contribution in [0.3, 0.4) is 0 Å². The fourth-order valence-corrected chi connectivity index (χ4v) is 7.76. The number of hydrogen-bond donors (Lipinski definition) is 5. The molecule has 0 saturated carbocycles. The summed E-state index contributed by atoms with van der Waals surface area (Å²) in [5, 5.41) is 51.7. The zero-order chi connectivity index (χ0) is 38.9. The fourth-order valence-electron chi connectivity index (χ4n) is 7.76. The first-order chi connectivity index (χ1) is 25.8. The molecule has 0 aromatic rings. The van der Waals surface area contributed by atoms with Crippen molar-refractivity contribution in [1.29, 1.82) is 0 Å². The lowest BCUT2D eigenvalue weighted by molar-refractivity contribution is -0.249. The van der Waals surface area contributed by atoms with Gasteiger partial charge in [-0.15, -0.1) is 0 Å². The molecule has 7 atom stereocenters. The monoisotopic (exact) mass is 754 g/mol. The van der Waals surface area contributed by atoms with Crippen molar-refractivity contribution in [3.63, 3.8) is 0 Å². The van der Waals surface area contributed by atoms with Gasteiger partial charge in [0.1, 0.15) is 30.5 Å². The molecule has 0 spiro atoms. The van der Waals surface area contributed by atoms with Crippen LogP contribution in [0.25, 0.3) is 0 Å². The predicted octanol–water partition coefficient (Wildman–Crippen LogP) is 9.56. The van der Waals surface area contributed by atoms with Gasteiger partial charge in [0, 0.05) is 19.0 Å². The second kappa shape index (κ2) is 34.2. The molecule has 1 amide bonds. The van der Waals surface area contributed by atoms with Gasteiger partial charge in [-0.1, -0.05) is 168 Å². The number of aliphatic hydroxyl groups excluding tert-OH is 5. The summed E-state index contributed by atoms with van der Waals surface area (Å²) in [5.41, 5.74) is 0. The predicted molar refractivity (Wildman–Crippen MR) is 220 cm³/mol. The van der Waals surface area contributed by atoms with Crippen LogP contribution in [0, 0.1) is 5.92 Å². The highest BCUT2D eigenvalue weighted by Gasteiger charge is 2.46. The number of allylic oxidation sites excluding steroid dienone is 2. The van der Waals surface area contributed by atoms with E-state index in [4.69, 9.17) is 4.74 Å². The Labute approximate surface area is 326 Å². The van der Waals surface area contributed by atoms with Gasteiger partial charge in [0.15, 0.2) is 0 Å². The maximum Gasteiger partial charge on any atom is 0.225 e. The van der Waals surface area contributed by atoms with Crippen molar-refractivity contribution in [3.05, 3.63) is 12.2 Å². The van der Waals surface area contributed by atoms with E-state index in [-0.39, 0.29) is 18.2 Å². The van der Waals surface area contributed by atoms with E-state index in [0.717, 1.165) is 70.6 Å². The molecule has 53 heavy (non-hydrogen) atoms.